The van der Waals surface area contributed by atoms with Crippen LogP contribution in [-0.2, 0) is 9.53 Å². The fourth-order valence-corrected chi connectivity index (χ4v) is 6.21. The highest BCUT2D eigenvalue weighted by Crippen LogP contribution is 2.36. The summed E-state index contributed by atoms with van der Waals surface area (Å²) in [5.74, 6) is 1.10. The fourth-order valence-electron chi connectivity index (χ4n) is 5.20. The number of benzene rings is 3. The van der Waals surface area contributed by atoms with Gasteiger partial charge in [-0.15, -0.1) is 0 Å². The van der Waals surface area contributed by atoms with Gasteiger partial charge in [0.15, 0.2) is 16.3 Å². The zero-order valence-corrected chi connectivity index (χ0v) is 26.8. The fraction of sp³-hybridized carbons (Fsp3) is 0.306. The number of carbonyl (C=O) groups is 1. The molecule has 4 aromatic rings. The highest BCUT2D eigenvalue weighted by Gasteiger charge is 2.35. The van der Waals surface area contributed by atoms with Gasteiger partial charge in [-0.3, -0.25) is 9.36 Å². The van der Waals surface area contributed by atoms with Crippen LogP contribution in [0.4, 0.5) is 0 Å². The van der Waals surface area contributed by atoms with E-state index in [0.29, 0.717) is 44.6 Å². The second-order valence-electron chi connectivity index (χ2n) is 11.1. The first-order chi connectivity index (χ1) is 21.2. The van der Waals surface area contributed by atoms with Crippen LogP contribution in [0, 0.1) is 0 Å². The van der Waals surface area contributed by atoms with Gasteiger partial charge in [0, 0.05) is 5.56 Å². The zero-order chi connectivity index (χ0) is 31.4. The normalized spacial score (nSPS) is 14.9. The van der Waals surface area contributed by atoms with Gasteiger partial charge in [0.05, 0.1) is 41.2 Å². The summed E-state index contributed by atoms with van der Waals surface area (Å²) in [4.78, 5) is 33.3. The first kappa shape index (κ1) is 31.0. The molecule has 2 heterocycles. The van der Waals surface area contributed by atoms with Crippen LogP contribution in [0.2, 0.25) is 0 Å². The second-order valence-corrected chi connectivity index (χ2v) is 12.1. The van der Waals surface area contributed by atoms with Crippen molar-refractivity contribution in [3.8, 4) is 11.5 Å². The number of carbonyl (C=O) groups excluding carboxylic acids is 1. The predicted octanol–water partition coefficient (Wildman–Crippen LogP) is 6.24. The predicted molar refractivity (Wildman–Crippen MR) is 175 cm³/mol. The van der Waals surface area contributed by atoms with E-state index in [1.165, 1.54) is 16.9 Å². The molecule has 0 amide bonds. The van der Waals surface area contributed by atoms with E-state index in [-0.39, 0.29) is 18.3 Å². The van der Waals surface area contributed by atoms with Crippen LogP contribution in [0.3, 0.4) is 0 Å². The number of nitrogens with zero attached hydrogens (tertiary/aromatic N) is 2. The molecule has 0 saturated carbocycles. The standard InChI is InChI=1S/C36H38N2O5S/c1-7-41-29-20-24(14-19-28(29)43-23(5)6)21-30-34(39)38-33(27-17-15-25(16-18-27)22(3)4)31(35(40)42-8-2)32(37-36(38)44-30)26-12-10-9-11-13-26/h9-23,33H,7-8H2,1-6H3/b30-21-/t33-/m1/s1. The number of ether oxygens (including phenoxy) is 3. The SMILES string of the molecule is CCOC(=O)C1=C(c2ccccc2)N=c2s/c(=C\c3ccc(OC(C)C)c(OCC)c3)c(=O)n2[C@@H]1c1ccc(C(C)C)cc1. The molecule has 0 aliphatic carbocycles. The van der Waals surface area contributed by atoms with Crippen LogP contribution < -0.4 is 24.4 Å². The van der Waals surface area contributed by atoms with E-state index in [1.54, 1.807) is 11.5 Å². The molecule has 5 rings (SSSR count). The maximum absolute atomic E-state index is 14.2. The van der Waals surface area contributed by atoms with Gasteiger partial charge in [0.1, 0.15) is 0 Å². The summed E-state index contributed by atoms with van der Waals surface area (Å²) in [5, 5.41) is 0. The number of fused-ring (bicyclic) bond motifs is 1. The Balaban J connectivity index is 1.75. The van der Waals surface area contributed by atoms with Crippen molar-refractivity contribution in [2.24, 2.45) is 4.99 Å². The summed E-state index contributed by atoms with van der Waals surface area (Å²) in [6, 6.07) is 22.6. The number of esters is 1. The lowest BCUT2D eigenvalue weighted by Crippen LogP contribution is -2.40. The Morgan fingerprint density at radius 3 is 2.32 bits per heavy atom. The smallest absolute Gasteiger partial charge is 0.338 e. The molecule has 0 fully saturated rings. The van der Waals surface area contributed by atoms with Crippen molar-refractivity contribution in [1.29, 1.82) is 0 Å². The summed E-state index contributed by atoms with van der Waals surface area (Å²) in [6.07, 6.45) is 1.83. The van der Waals surface area contributed by atoms with Gasteiger partial charge in [-0.25, -0.2) is 9.79 Å². The Bertz CT molecular complexity index is 1850. The molecule has 0 spiro atoms. The number of thiazole rings is 1. The zero-order valence-electron chi connectivity index (χ0n) is 26.0. The molecule has 8 heteroatoms. The van der Waals surface area contributed by atoms with Crippen molar-refractivity contribution in [2.75, 3.05) is 13.2 Å². The quantitative estimate of drug-likeness (QED) is 0.199. The van der Waals surface area contributed by atoms with Gasteiger partial charge in [0.25, 0.3) is 5.56 Å². The molecule has 0 bridgehead atoms. The minimum atomic E-state index is -0.718. The Morgan fingerprint density at radius 2 is 1.68 bits per heavy atom. The van der Waals surface area contributed by atoms with Crippen LogP contribution in [0.5, 0.6) is 11.5 Å². The Kier molecular flexibility index (Phi) is 9.49. The van der Waals surface area contributed by atoms with Crippen molar-refractivity contribution in [3.63, 3.8) is 0 Å². The van der Waals surface area contributed by atoms with E-state index in [0.717, 1.165) is 16.7 Å². The molecule has 3 aromatic carbocycles. The third-order valence-corrected chi connectivity index (χ3v) is 8.20. The van der Waals surface area contributed by atoms with Crippen molar-refractivity contribution >= 4 is 29.1 Å². The minimum Gasteiger partial charge on any atom is -0.490 e. The van der Waals surface area contributed by atoms with E-state index in [1.807, 2.05) is 87.5 Å². The first-order valence-corrected chi connectivity index (χ1v) is 15.8. The van der Waals surface area contributed by atoms with Gasteiger partial charge in [0.2, 0.25) is 0 Å². The molecule has 228 valence electrons. The lowest BCUT2D eigenvalue weighted by molar-refractivity contribution is -0.138. The van der Waals surface area contributed by atoms with E-state index < -0.39 is 12.0 Å². The van der Waals surface area contributed by atoms with Gasteiger partial charge < -0.3 is 14.2 Å². The topological polar surface area (TPSA) is 79.1 Å². The van der Waals surface area contributed by atoms with Crippen LogP contribution in [0.25, 0.3) is 11.8 Å². The molecule has 1 aromatic heterocycles. The molecular weight excluding hydrogens is 572 g/mol. The third-order valence-electron chi connectivity index (χ3n) is 7.22. The Labute approximate surface area is 261 Å². The van der Waals surface area contributed by atoms with E-state index in [9.17, 15) is 9.59 Å². The molecule has 0 unspecified atom stereocenters. The molecule has 44 heavy (non-hydrogen) atoms. The highest BCUT2D eigenvalue weighted by molar-refractivity contribution is 7.07. The van der Waals surface area contributed by atoms with Gasteiger partial charge in [-0.2, -0.15) is 0 Å². The van der Waals surface area contributed by atoms with Crippen LogP contribution in [-0.4, -0.2) is 29.9 Å². The number of hydrogen-bond acceptors (Lipinski definition) is 7. The summed E-state index contributed by atoms with van der Waals surface area (Å²) >= 11 is 1.29. The number of rotatable bonds is 10. The molecule has 0 N–H and O–H groups in total. The molecule has 7 nitrogen and oxygen atoms in total. The first-order valence-electron chi connectivity index (χ1n) is 15.0. The maximum atomic E-state index is 14.2. The van der Waals surface area contributed by atoms with Crippen LogP contribution in [0.15, 0.2) is 88.2 Å². The average molecular weight is 611 g/mol. The van der Waals surface area contributed by atoms with E-state index in [2.05, 4.69) is 26.0 Å². The molecule has 1 atom stereocenters. The van der Waals surface area contributed by atoms with Gasteiger partial charge >= 0.3 is 5.97 Å². The van der Waals surface area contributed by atoms with Crippen LogP contribution >= 0.6 is 11.3 Å². The van der Waals surface area contributed by atoms with Gasteiger partial charge in [-0.1, -0.05) is 85.8 Å². The number of hydrogen-bond donors (Lipinski definition) is 0. The summed E-state index contributed by atoms with van der Waals surface area (Å²) in [7, 11) is 0. The Morgan fingerprint density at radius 1 is 0.955 bits per heavy atom. The minimum absolute atomic E-state index is 0.00856. The van der Waals surface area contributed by atoms with E-state index in [4.69, 9.17) is 19.2 Å². The summed E-state index contributed by atoms with van der Waals surface area (Å²) in [6.45, 7) is 12.6. The highest BCUT2D eigenvalue weighted by atomic mass is 32.1. The number of aromatic nitrogens is 1. The van der Waals surface area contributed by atoms with Crippen molar-refractivity contribution in [1.82, 2.24) is 4.57 Å². The summed E-state index contributed by atoms with van der Waals surface area (Å²) in [5.41, 5.74) is 4.15. The van der Waals surface area contributed by atoms with E-state index >= 15 is 0 Å². The monoisotopic (exact) mass is 610 g/mol. The molecule has 0 saturated heterocycles. The Hall–Kier alpha value is -4.43. The summed E-state index contributed by atoms with van der Waals surface area (Å²) < 4.78 is 19.5. The van der Waals surface area contributed by atoms with Crippen molar-refractivity contribution in [3.05, 3.63) is 120 Å². The largest absolute Gasteiger partial charge is 0.490 e. The maximum Gasteiger partial charge on any atom is 0.338 e. The van der Waals surface area contributed by atoms with Crippen LogP contribution in [0.1, 0.15) is 75.8 Å². The lowest BCUT2D eigenvalue weighted by atomic mass is 9.91. The molecule has 1 aliphatic rings. The molecule has 0 radical (unpaired) electrons. The van der Waals surface area contributed by atoms with Crippen molar-refractivity contribution in [2.45, 2.75) is 59.6 Å². The third kappa shape index (κ3) is 6.40. The molecule has 1 aliphatic heterocycles. The molecular formula is C36H38N2O5S. The second kappa shape index (κ2) is 13.5. The van der Waals surface area contributed by atoms with Gasteiger partial charge in [-0.05, 0) is 68.5 Å². The lowest BCUT2D eigenvalue weighted by Gasteiger charge is -2.26. The van der Waals surface area contributed by atoms with Crippen molar-refractivity contribution < 1.29 is 19.0 Å². The average Bonchev–Trinajstić information content (AvgIpc) is 3.32.